The maximum Gasteiger partial charge on any atom is 0.187 e. The maximum absolute atomic E-state index is 11.1. The minimum absolute atomic E-state index is 0.0525. The van der Waals surface area contributed by atoms with E-state index in [1.165, 1.54) is 0 Å². The summed E-state index contributed by atoms with van der Waals surface area (Å²) in [7, 11) is 0. The third-order valence-corrected chi connectivity index (χ3v) is 10.9. The van der Waals surface area contributed by atoms with Crippen LogP contribution in [0.5, 0.6) is 0 Å². The predicted molar refractivity (Wildman–Crippen MR) is 184 cm³/mol. The van der Waals surface area contributed by atoms with Gasteiger partial charge in [0.25, 0.3) is 0 Å². The van der Waals surface area contributed by atoms with Gasteiger partial charge in [-0.2, -0.15) is 0 Å². The van der Waals surface area contributed by atoms with E-state index in [0.717, 1.165) is 0 Å². The van der Waals surface area contributed by atoms with Crippen LogP contribution in [0.4, 0.5) is 0 Å². The molecule has 0 aliphatic carbocycles. The normalized spacial score (nSPS) is 50.5. The molecular weight excluding hydrogens is 826 g/mol. The van der Waals surface area contributed by atoms with E-state index < -0.39 is 187 Å². The summed E-state index contributed by atoms with van der Waals surface area (Å²) in [5, 5.41) is 168. The van der Waals surface area contributed by atoms with Gasteiger partial charge in [-0.05, 0) is 13.0 Å². The molecule has 0 radical (unpaired) electrons. The standard InChI is InChI=1S/C33H59NO26/c34-2-1-3-51-29-21(47)16(42)25(10(5-36)53-29)58-31-23(49)18(44)27(12(7-38)55-31)60-33-24(50)19(45)28(13(8-39)56-33)59-32-22(48)17(43)26(11(6-37)54-32)57-30-20(46)15(41)14(40)9(4-35)52-30/h9-33,35-50H,1-8,34H2/t9?,10?,11?,12?,13?,14-,15?,16?,17?,18?,19?,20?,21?,22?,23?,24?,25-,26-,27-,28+,29-,30+,31+,32-,33-/m1/s1. The highest BCUT2D eigenvalue weighted by molar-refractivity contribution is 4.99. The number of rotatable bonds is 17. The second-order valence-electron chi connectivity index (χ2n) is 14.9. The zero-order chi connectivity index (χ0) is 44.2. The monoisotopic (exact) mass is 885 g/mol. The quantitative estimate of drug-likeness (QED) is 0.0603. The molecule has 15 unspecified atom stereocenters. The van der Waals surface area contributed by atoms with Crippen molar-refractivity contribution in [1.82, 2.24) is 0 Å². The van der Waals surface area contributed by atoms with Crippen molar-refractivity contribution in [3.05, 3.63) is 0 Å². The van der Waals surface area contributed by atoms with Crippen LogP contribution >= 0.6 is 0 Å². The highest BCUT2D eigenvalue weighted by atomic mass is 16.8. The van der Waals surface area contributed by atoms with E-state index in [2.05, 4.69) is 0 Å². The summed E-state index contributed by atoms with van der Waals surface area (Å²) in [4.78, 5) is 0. The molecule has 0 aromatic carbocycles. The first kappa shape index (κ1) is 49.9. The van der Waals surface area contributed by atoms with Crippen molar-refractivity contribution in [2.75, 3.05) is 46.2 Å². The van der Waals surface area contributed by atoms with Gasteiger partial charge in [0.15, 0.2) is 31.5 Å². The maximum atomic E-state index is 11.1. The predicted octanol–water partition coefficient (Wildman–Crippen LogP) is -11.6. The Kier molecular flexibility index (Phi) is 18.5. The summed E-state index contributed by atoms with van der Waals surface area (Å²) in [6.07, 6.45) is -44.3. The summed E-state index contributed by atoms with van der Waals surface area (Å²) in [5.41, 5.74) is 5.44. The molecule has 0 bridgehead atoms. The number of hydrogen-bond donors (Lipinski definition) is 17. The molecule has 5 aliphatic heterocycles. The number of aliphatic hydroxyl groups excluding tert-OH is 16. The lowest BCUT2D eigenvalue weighted by atomic mass is 9.95. The third-order valence-electron chi connectivity index (χ3n) is 10.9. The van der Waals surface area contributed by atoms with Gasteiger partial charge < -0.3 is 135 Å². The molecule has 352 valence electrons. The van der Waals surface area contributed by atoms with E-state index in [1.54, 1.807) is 0 Å². The largest absolute Gasteiger partial charge is 0.394 e. The van der Waals surface area contributed by atoms with E-state index in [9.17, 15) is 81.7 Å². The average Bonchev–Trinajstić information content (AvgIpc) is 3.24. The molecule has 27 heteroatoms. The van der Waals surface area contributed by atoms with E-state index in [0.29, 0.717) is 6.42 Å². The Morgan fingerprint density at radius 1 is 0.333 bits per heavy atom. The second-order valence-corrected chi connectivity index (χ2v) is 14.9. The van der Waals surface area contributed by atoms with Crippen LogP contribution in [0.1, 0.15) is 6.42 Å². The van der Waals surface area contributed by atoms with Crippen LogP contribution in [0.2, 0.25) is 0 Å². The fourth-order valence-corrected chi connectivity index (χ4v) is 7.44. The van der Waals surface area contributed by atoms with Crippen LogP contribution in [0.3, 0.4) is 0 Å². The van der Waals surface area contributed by atoms with Crippen molar-refractivity contribution in [1.29, 1.82) is 0 Å². The first-order chi connectivity index (χ1) is 28.6. The molecule has 25 atom stereocenters. The molecule has 5 heterocycles. The van der Waals surface area contributed by atoms with Crippen LogP contribution < -0.4 is 5.73 Å². The van der Waals surface area contributed by atoms with Crippen molar-refractivity contribution in [3.8, 4) is 0 Å². The molecule has 0 saturated carbocycles. The van der Waals surface area contributed by atoms with Crippen molar-refractivity contribution in [2.24, 2.45) is 5.73 Å². The Morgan fingerprint density at radius 2 is 0.600 bits per heavy atom. The fraction of sp³-hybridized carbons (Fsp3) is 1.00. The van der Waals surface area contributed by atoms with Gasteiger partial charge in [-0.15, -0.1) is 0 Å². The van der Waals surface area contributed by atoms with Crippen LogP contribution in [0.25, 0.3) is 0 Å². The third kappa shape index (κ3) is 10.5. The Balaban J connectivity index is 1.21. The lowest BCUT2D eigenvalue weighted by Crippen LogP contribution is -2.68. The summed E-state index contributed by atoms with van der Waals surface area (Å²) in [6, 6.07) is 0. The van der Waals surface area contributed by atoms with Gasteiger partial charge in [0.05, 0.1) is 39.6 Å². The zero-order valence-corrected chi connectivity index (χ0v) is 31.9. The summed E-state index contributed by atoms with van der Waals surface area (Å²) < 4.78 is 55.4. The fourth-order valence-electron chi connectivity index (χ4n) is 7.44. The van der Waals surface area contributed by atoms with Gasteiger partial charge in [-0.3, -0.25) is 0 Å². The molecule has 0 aromatic heterocycles. The molecule has 0 amide bonds. The number of hydrogen-bond acceptors (Lipinski definition) is 27. The Labute approximate surface area is 341 Å². The first-order valence-electron chi connectivity index (χ1n) is 19.3. The van der Waals surface area contributed by atoms with Crippen molar-refractivity contribution < 1.29 is 129 Å². The summed E-state index contributed by atoms with van der Waals surface area (Å²) in [5.74, 6) is 0. The summed E-state index contributed by atoms with van der Waals surface area (Å²) in [6.45, 7) is -4.10. The first-order valence-corrected chi connectivity index (χ1v) is 19.3. The number of nitrogens with two attached hydrogens (primary N) is 1. The molecular formula is C33H59NO26. The van der Waals surface area contributed by atoms with Gasteiger partial charge in [-0.1, -0.05) is 0 Å². The molecule has 60 heavy (non-hydrogen) atoms. The smallest absolute Gasteiger partial charge is 0.187 e. The molecule has 5 saturated heterocycles. The Morgan fingerprint density at radius 3 is 0.900 bits per heavy atom. The minimum Gasteiger partial charge on any atom is -0.394 e. The van der Waals surface area contributed by atoms with Gasteiger partial charge in [0, 0.05) is 0 Å². The van der Waals surface area contributed by atoms with Crippen molar-refractivity contribution >= 4 is 0 Å². The molecule has 0 spiro atoms. The van der Waals surface area contributed by atoms with E-state index in [4.69, 9.17) is 53.1 Å². The number of aliphatic hydroxyl groups is 16. The van der Waals surface area contributed by atoms with Crippen molar-refractivity contribution in [2.45, 2.75) is 160 Å². The minimum atomic E-state index is -2.11. The molecule has 5 rings (SSSR count). The van der Waals surface area contributed by atoms with E-state index in [-0.39, 0.29) is 13.2 Å². The zero-order valence-electron chi connectivity index (χ0n) is 31.9. The Hall–Kier alpha value is -1.08. The molecule has 5 fully saturated rings. The van der Waals surface area contributed by atoms with Crippen LogP contribution in [0.15, 0.2) is 0 Å². The van der Waals surface area contributed by atoms with Gasteiger partial charge >= 0.3 is 0 Å². The van der Waals surface area contributed by atoms with Gasteiger partial charge in [-0.25, -0.2) is 0 Å². The highest BCUT2D eigenvalue weighted by Gasteiger charge is 2.56. The molecule has 5 aliphatic rings. The van der Waals surface area contributed by atoms with Crippen LogP contribution in [-0.4, -0.2) is 281 Å². The van der Waals surface area contributed by atoms with E-state index >= 15 is 0 Å². The lowest BCUT2D eigenvalue weighted by molar-refractivity contribution is -0.393. The van der Waals surface area contributed by atoms with Crippen LogP contribution in [0, 0.1) is 0 Å². The Bertz CT molecular complexity index is 1270. The van der Waals surface area contributed by atoms with E-state index in [1.807, 2.05) is 0 Å². The molecule has 0 aromatic rings. The summed E-state index contributed by atoms with van der Waals surface area (Å²) >= 11 is 0. The molecule has 18 N–H and O–H groups in total. The lowest BCUT2D eigenvalue weighted by Gasteiger charge is -2.49. The average molecular weight is 886 g/mol. The van der Waals surface area contributed by atoms with Gasteiger partial charge in [0.1, 0.15) is 122 Å². The second kappa shape index (κ2) is 22.2. The molecule has 27 nitrogen and oxygen atoms in total. The van der Waals surface area contributed by atoms with Gasteiger partial charge in [0.2, 0.25) is 0 Å². The van der Waals surface area contributed by atoms with Crippen molar-refractivity contribution in [3.63, 3.8) is 0 Å². The highest BCUT2D eigenvalue weighted by Crippen LogP contribution is 2.35. The SMILES string of the molecule is NCCCO[C@@H]1OC(CO)[C@@H](O[C@@H]2OC(CO)[C@@H](O[C@H]3OC(CO)[C@H](O[C@H]4OC(CO)[C@@H](O[C@@H]5OC(CO)[C@@H](O)C(O)C5O)C(O)C4O)C(O)C3O)C(O)C2O)C(O)C1O. The topological polar surface area (TPSA) is 442 Å². The number of ether oxygens (including phenoxy) is 10. The van der Waals surface area contributed by atoms with Crippen LogP contribution in [-0.2, 0) is 47.4 Å².